The maximum atomic E-state index is 10.9. The molecule has 52 valence electrons. The molecule has 0 atom stereocenters. The highest BCUT2D eigenvalue weighted by Gasteiger charge is 2.04. The molecular weight excluding hydrogens is 182 g/mol. The zero-order valence-electron chi connectivity index (χ0n) is 5.81. The summed E-state index contributed by atoms with van der Waals surface area (Å²) in [6, 6.07) is 0. The summed E-state index contributed by atoms with van der Waals surface area (Å²) in [6.45, 7) is 1.81. The number of carbonyl (C=O) groups is 1. The number of amides is 1. The molecule has 3 heteroatoms. The molecule has 0 saturated carbocycles. The first-order valence-corrected chi connectivity index (χ1v) is 3.42. The van der Waals surface area contributed by atoms with E-state index in [1.54, 1.807) is 20.2 Å². The van der Waals surface area contributed by atoms with Gasteiger partial charge in [-0.15, -0.1) is 0 Å². The van der Waals surface area contributed by atoms with Gasteiger partial charge in [-0.1, -0.05) is 6.08 Å². The van der Waals surface area contributed by atoms with Gasteiger partial charge in [0.1, 0.15) is 0 Å². The molecule has 1 amide bonds. The Kier molecular flexibility index (Phi) is 3.54. The Balaban J connectivity index is 4.06. The lowest BCUT2D eigenvalue weighted by Gasteiger charge is -2.07. The Morgan fingerprint density at radius 1 is 1.56 bits per heavy atom. The highest BCUT2D eigenvalue weighted by molar-refractivity contribution is 9.12. The van der Waals surface area contributed by atoms with Crippen molar-refractivity contribution in [2.24, 2.45) is 0 Å². The molecular formula is C6H10BrNO. The molecule has 0 spiro atoms. The van der Waals surface area contributed by atoms with Gasteiger partial charge in [-0.3, -0.25) is 4.79 Å². The average Bonchev–Trinajstić information content (AvgIpc) is 1.84. The first-order chi connectivity index (χ1) is 4.09. The zero-order chi connectivity index (χ0) is 7.44. The van der Waals surface area contributed by atoms with E-state index in [2.05, 4.69) is 15.9 Å². The van der Waals surface area contributed by atoms with Crippen LogP contribution in [0.5, 0.6) is 0 Å². The van der Waals surface area contributed by atoms with E-state index < -0.39 is 0 Å². The fourth-order valence-electron chi connectivity index (χ4n) is 0.337. The van der Waals surface area contributed by atoms with Crippen molar-refractivity contribution in [3.8, 4) is 0 Å². The predicted octanol–water partition coefficient (Wildman–Crippen LogP) is 1.37. The van der Waals surface area contributed by atoms with Crippen LogP contribution in [0, 0.1) is 0 Å². The molecule has 0 aromatic heterocycles. The van der Waals surface area contributed by atoms with Crippen LogP contribution in [-0.2, 0) is 4.79 Å². The number of nitrogens with zero attached hydrogens (tertiary/aromatic N) is 1. The zero-order valence-corrected chi connectivity index (χ0v) is 7.40. The molecule has 0 fully saturated rings. The topological polar surface area (TPSA) is 20.3 Å². The van der Waals surface area contributed by atoms with E-state index in [1.165, 1.54) is 4.90 Å². The van der Waals surface area contributed by atoms with Crippen LogP contribution in [0.4, 0.5) is 0 Å². The van der Waals surface area contributed by atoms with Gasteiger partial charge in [-0.05, 0) is 22.9 Å². The summed E-state index contributed by atoms with van der Waals surface area (Å²) in [5, 5.41) is 0. The molecule has 0 N–H and O–H groups in total. The van der Waals surface area contributed by atoms with Crippen molar-refractivity contribution in [3.63, 3.8) is 0 Å². The molecule has 0 bridgehead atoms. The van der Waals surface area contributed by atoms with Crippen molar-refractivity contribution in [1.29, 1.82) is 0 Å². The quantitative estimate of drug-likeness (QED) is 0.574. The van der Waals surface area contributed by atoms with Gasteiger partial charge in [0.25, 0.3) is 5.91 Å². The summed E-state index contributed by atoms with van der Waals surface area (Å²) in [5.41, 5.74) is 0. The summed E-state index contributed by atoms with van der Waals surface area (Å²) < 4.78 is 0.604. The number of rotatable bonds is 1. The number of allylic oxidation sites excluding steroid dienone is 1. The van der Waals surface area contributed by atoms with Crippen LogP contribution < -0.4 is 0 Å². The van der Waals surface area contributed by atoms with E-state index in [0.29, 0.717) is 4.48 Å². The monoisotopic (exact) mass is 191 g/mol. The van der Waals surface area contributed by atoms with Crippen molar-refractivity contribution in [3.05, 3.63) is 10.6 Å². The summed E-state index contributed by atoms with van der Waals surface area (Å²) in [5.74, 6) is -0.00231. The van der Waals surface area contributed by atoms with Gasteiger partial charge in [-0.25, -0.2) is 0 Å². The standard InChI is InChI=1S/C6H10BrNO/c1-4-5(7)6(9)8(2)3/h4H,1-3H3. The van der Waals surface area contributed by atoms with Crippen molar-refractivity contribution >= 4 is 21.8 Å². The summed E-state index contributed by atoms with van der Waals surface area (Å²) >= 11 is 3.11. The average molecular weight is 192 g/mol. The van der Waals surface area contributed by atoms with Crippen LogP contribution in [0.25, 0.3) is 0 Å². The molecule has 0 unspecified atom stereocenters. The second-order valence-electron chi connectivity index (χ2n) is 1.84. The first kappa shape index (κ1) is 8.69. The van der Waals surface area contributed by atoms with E-state index in [9.17, 15) is 4.79 Å². The van der Waals surface area contributed by atoms with E-state index in [1.807, 2.05) is 6.92 Å². The third kappa shape index (κ3) is 2.65. The summed E-state index contributed by atoms with van der Waals surface area (Å²) in [6.07, 6.45) is 1.72. The third-order valence-corrected chi connectivity index (χ3v) is 1.66. The highest BCUT2D eigenvalue weighted by atomic mass is 79.9. The van der Waals surface area contributed by atoms with E-state index >= 15 is 0 Å². The van der Waals surface area contributed by atoms with Gasteiger partial charge in [0.2, 0.25) is 0 Å². The van der Waals surface area contributed by atoms with Crippen LogP contribution in [0.15, 0.2) is 10.6 Å². The molecule has 0 aliphatic carbocycles. The van der Waals surface area contributed by atoms with Gasteiger partial charge < -0.3 is 4.90 Å². The number of halogens is 1. The Hall–Kier alpha value is -0.310. The van der Waals surface area contributed by atoms with Crippen LogP contribution in [-0.4, -0.2) is 24.9 Å². The Labute approximate surface area is 63.7 Å². The predicted molar refractivity (Wildman–Crippen MR) is 41.4 cm³/mol. The van der Waals surface area contributed by atoms with Crippen LogP contribution in [0.2, 0.25) is 0 Å². The van der Waals surface area contributed by atoms with Gasteiger partial charge in [-0.2, -0.15) is 0 Å². The molecule has 2 nitrogen and oxygen atoms in total. The lowest BCUT2D eigenvalue weighted by molar-refractivity contribution is -0.123. The maximum Gasteiger partial charge on any atom is 0.260 e. The van der Waals surface area contributed by atoms with Crippen LogP contribution >= 0.6 is 15.9 Å². The van der Waals surface area contributed by atoms with Gasteiger partial charge in [0.05, 0.1) is 4.48 Å². The summed E-state index contributed by atoms with van der Waals surface area (Å²) in [7, 11) is 3.43. The lowest BCUT2D eigenvalue weighted by atomic mass is 10.5. The SMILES string of the molecule is CC=C(Br)C(=O)N(C)C. The second-order valence-corrected chi connectivity index (χ2v) is 2.69. The van der Waals surface area contributed by atoms with Crippen molar-refractivity contribution < 1.29 is 4.79 Å². The Bertz CT molecular complexity index is 140. The number of carbonyl (C=O) groups excluding carboxylic acids is 1. The molecule has 0 saturated heterocycles. The lowest BCUT2D eigenvalue weighted by Crippen LogP contribution is -2.21. The number of likely N-dealkylation sites (N-methyl/N-ethyl adjacent to an activating group) is 1. The maximum absolute atomic E-state index is 10.9. The molecule has 0 radical (unpaired) electrons. The molecule has 0 rings (SSSR count). The van der Waals surface area contributed by atoms with E-state index in [-0.39, 0.29) is 5.91 Å². The first-order valence-electron chi connectivity index (χ1n) is 2.63. The molecule has 0 aromatic rings. The van der Waals surface area contributed by atoms with Gasteiger partial charge >= 0.3 is 0 Å². The van der Waals surface area contributed by atoms with Crippen LogP contribution in [0.1, 0.15) is 6.92 Å². The van der Waals surface area contributed by atoms with E-state index in [4.69, 9.17) is 0 Å². The van der Waals surface area contributed by atoms with Crippen molar-refractivity contribution in [1.82, 2.24) is 4.90 Å². The van der Waals surface area contributed by atoms with Gasteiger partial charge in [0.15, 0.2) is 0 Å². The molecule has 0 aliphatic heterocycles. The molecule has 0 heterocycles. The number of hydrogen-bond donors (Lipinski definition) is 0. The highest BCUT2D eigenvalue weighted by Crippen LogP contribution is 2.05. The van der Waals surface area contributed by atoms with Gasteiger partial charge in [0, 0.05) is 14.1 Å². The Morgan fingerprint density at radius 2 is 2.00 bits per heavy atom. The summed E-state index contributed by atoms with van der Waals surface area (Å²) in [4.78, 5) is 12.4. The van der Waals surface area contributed by atoms with Crippen molar-refractivity contribution in [2.75, 3.05) is 14.1 Å². The minimum Gasteiger partial charge on any atom is -0.344 e. The third-order valence-electron chi connectivity index (χ3n) is 0.864. The van der Waals surface area contributed by atoms with Crippen molar-refractivity contribution in [2.45, 2.75) is 6.92 Å². The molecule has 9 heavy (non-hydrogen) atoms. The Morgan fingerprint density at radius 3 is 2.11 bits per heavy atom. The van der Waals surface area contributed by atoms with Crippen LogP contribution in [0.3, 0.4) is 0 Å². The smallest absolute Gasteiger partial charge is 0.260 e. The molecule has 0 aromatic carbocycles. The largest absolute Gasteiger partial charge is 0.344 e. The fourth-order valence-corrected chi connectivity index (χ4v) is 0.692. The number of hydrogen-bond acceptors (Lipinski definition) is 1. The fraction of sp³-hybridized carbons (Fsp3) is 0.500. The minimum atomic E-state index is -0.00231. The minimum absolute atomic E-state index is 0.00231. The normalized spacial score (nSPS) is 11.3. The second kappa shape index (κ2) is 3.67. The van der Waals surface area contributed by atoms with E-state index in [0.717, 1.165) is 0 Å². The molecule has 0 aliphatic rings.